The molecule has 1 fully saturated rings. The van der Waals surface area contributed by atoms with E-state index in [0.717, 1.165) is 0 Å². The van der Waals surface area contributed by atoms with Crippen molar-refractivity contribution in [2.75, 3.05) is 19.5 Å². The lowest BCUT2D eigenvalue weighted by atomic mass is 10.3. The van der Waals surface area contributed by atoms with E-state index >= 15 is 0 Å². The Morgan fingerprint density at radius 3 is 2.20 bits per heavy atom. The van der Waals surface area contributed by atoms with Crippen LogP contribution in [0.2, 0.25) is 0 Å². The van der Waals surface area contributed by atoms with E-state index in [1.165, 1.54) is 13.3 Å². The summed E-state index contributed by atoms with van der Waals surface area (Å²) >= 11 is 0. The summed E-state index contributed by atoms with van der Waals surface area (Å²) in [5.74, 6) is -1.47. The van der Waals surface area contributed by atoms with Gasteiger partial charge >= 0.3 is 5.97 Å². The average molecular weight is 232 g/mol. The van der Waals surface area contributed by atoms with Crippen molar-refractivity contribution in [3.8, 4) is 0 Å². The zero-order chi connectivity index (χ0) is 11.6. The summed E-state index contributed by atoms with van der Waals surface area (Å²) in [5.41, 5.74) is 0. The molecule has 0 saturated heterocycles. The number of Topliss-reactive ketones (excluding diaryl/α,β-unsaturated/α-hetero) is 2. The van der Waals surface area contributed by atoms with Crippen LogP contribution in [-0.4, -0.2) is 43.1 Å². The highest BCUT2D eigenvalue weighted by Gasteiger charge is 2.36. The molecule has 1 aliphatic rings. The summed E-state index contributed by atoms with van der Waals surface area (Å²) in [6, 6.07) is 0. The van der Waals surface area contributed by atoms with Crippen molar-refractivity contribution in [1.82, 2.24) is 0 Å². The van der Waals surface area contributed by atoms with Crippen molar-refractivity contribution in [3.63, 3.8) is 0 Å². The van der Waals surface area contributed by atoms with Gasteiger partial charge in [0.25, 0.3) is 0 Å². The Morgan fingerprint density at radius 2 is 1.80 bits per heavy atom. The number of ether oxygens (including phenoxy) is 1. The normalized spacial score (nSPS) is 18.3. The van der Waals surface area contributed by atoms with Crippen LogP contribution in [0.4, 0.5) is 0 Å². The first-order valence-electron chi connectivity index (χ1n) is 4.58. The molecule has 0 heterocycles. The minimum Gasteiger partial charge on any atom is -0.446 e. The maximum Gasteiger partial charge on any atom is 0.314 e. The molecule has 5 nitrogen and oxygen atoms in total. The topological polar surface area (TPSA) is 77.5 Å². The van der Waals surface area contributed by atoms with Crippen molar-refractivity contribution in [1.29, 1.82) is 0 Å². The number of carbonyl (C=O) groups is 3. The molecule has 0 N–H and O–H groups in total. The largest absolute Gasteiger partial charge is 0.446 e. The second kappa shape index (κ2) is 4.27. The Balaban J connectivity index is 2.55. The summed E-state index contributed by atoms with van der Waals surface area (Å²) in [7, 11) is -2.52. The first-order chi connectivity index (χ1) is 6.79. The van der Waals surface area contributed by atoms with Crippen molar-refractivity contribution >= 4 is 24.7 Å². The zero-order valence-corrected chi connectivity index (χ0v) is 9.58. The Labute approximate surface area is 87.5 Å². The maximum atomic E-state index is 11.3. The third kappa shape index (κ3) is 3.59. The van der Waals surface area contributed by atoms with Gasteiger partial charge in [-0.15, -0.1) is 0 Å². The van der Waals surface area contributed by atoms with Crippen LogP contribution in [0, 0.1) is 0 Å². The van der Waals surface area contributed by atoms with Crippen LogP contribution in [-0.2, 0) is 23.7 Å². The molecular weight excluding hydrogens is 219 g/mol. The quantitative estimate of drug-likeness (QED) is 0.401. The van der Waals surface area contributed by atoms with Gasteiger partial charge in [-0.2, -0.15) is 0 Å². The van der Waals surface area contributed by atoms with E-state index in [2.05, 4.69) is 0 Å². The molecule has 1 aliphatic carbocycles. The summed E-state index contributed by atoms with van der Waals surface area (Å²) in [6.07, 6.45) is -1.22. The summed E-state index contributed by atoms with van der Waals surface area (Å²) in [5, 5.41) is 0. The molecule has 15 heavy (non-hydrogen) atoms. The van der Waals surface area contributed by atoms with Gasteiger partial charge in [-0.1, -0.05) is 0 Å². The average Bonchev–Trinajstić information content (AvgIpc) is 2.32. The number of esters is 1. The highest BCUT2D eigenvalue weighted by Crippen LogP contribution is 2.35. The molecule has 0 aliphatic heterocycles. The summed E-state index contributed by atoms with van der Waals surface area (Å²) in [6.45, 7) is 2.90. The van der Waals surface area contributed by atoms with Crippen LogP contribution >= 0.6 is 7.14 Å². The van der Waals surface area contributed by atoms with E-state index in [0.29, 0.717) is 0 Å². The fourth-order valence-electron chi connectivity index (χ4n) is 1.30. The van der Waals surface area contributed by atoms with E-state index < -0.39 is 19.2 Å². The van der Waals surface area contributed by atoms with E-state index in [1.54, 1.807) is 0 Å². The molecule has 6 heteroatoms. The summed E-state index contributed by atoms with van der Waals surface area (Å²) in [4.78, 5) is 33.4. The highest BCUT2D eigenvalue weighted by atomic mass is 31.2. The van der Waals surface area contributed by atoms with Gasteiger partial charge in [0.1, 0.15) is 0 Å². The monoisotopic (exact) mass is 232 g/mol. The molecule has 1 saturated carbocycles. The van der Waals surface area contributed by atoms with E-state index in [9.17, 15) is 18.9 Å². The number of ketones is 2. The number of carbonyl (C=O) groups excluding carboxylic acids is 3. The van der Waals surface area contributed by atoms with Gasteiger partial charge in [0.15, 0.2) is 11.6 Å². The lowest BCUT2D eigenvalue weighted by Gasteiger charge is -2.10. The molecule has 0 bridgehead atoms. The van der Waals surface area contributed by atoms with Gasteiger partial charge in [-0.05, 0) is 13.3 Å². The highest BCUT2D eigenvalue weighted by molar-refractivity contribution is 7.63. The minimum absolute atomic E-state index is 0.132. The third-order valence-corrected chi connectivity index (χ3v) is 2.98. The predicted molar refractivity (Wildman–Crippen MR) is 53.4 cm³/mol. The lowest BCUT2D eigenvalue weighted by molar-refractivity contribution is -0.155. The Kier molecular flexibility index (Phi) is 3.45. The second-order valence-electron chi connectivity index (χ2n) is 4.03. The molecule has 0 aromatic heterocycles. The van der Waals surface area contributed by atoms with Gasteiger partial charge in [-0.3, -0.25) is 14.4 Å². The standard InChI is InChI=1S/C9H13O5P/c1-15(2,13)5-8(12)14-9-6(10)3-4-7(9)11/h9H,3-5H2,1-2H3. The SMILES string of the molecule is CP(C)(=O)CC(=O)OC1C(=O)CCC1=O. The van der Waals surface area contributed by atoms with E-state index in [1.807, 2.05) is 0 Å². The van der Waals surface area contributed by atoms with Gasteiger partial charge < -0.3 is 9.30 Å². The molecule has 0 aromatic carbocycles. The Hall–Kier alpha value is -0.960. The molecule has 84 valence electrons. The smallest absolute Gasteiger partial charge is 0.314 e. The zero-order valence-electron chi connectivity index (χ0n) is 8.69. The van der Waals surface area contributed by atoms with Crippen molar-refractivity contribution in [2.24, 2.45) is 0 Å². The van der Waals surface area contributed by atoms with Crippen molar-refractivity contribution in [2.45, 2.75) is 18.9 Å². The number of hydrogen-bond acceptors (Lipinski definition) is 5. The van der Waals surface area contributed by atoms with Gasteiger partial charge in [-0.25, -0.2) is 0 Å². The van der Waals surface area contributed by atoms with E-state index in [-0.39, 0.29) is 30.6 Å². The first-order valence-corrected chi connectivity index (χ1v) is 7.37. The van der Waals surface area contributed by atoms with Crippen molar-refractivity contribution in [3.05, 3.63) is 0 Å². The predicted octanol–water partition coefficient (Wildman–Crippen LogP) is 0.453. The minimum atomic E-state index is -2.52. The molecule has 0 amide bonds. The van der Waals surface area contributed by atoms with Crippen molar-refractivity contribution < 1.29 is 23.7 Å². The number of hydrogen-bond donors (Lipinski definition) is 0. The van der Waals surface area contributed by atoms with Crippen LogP contribution < -0.4 is 0 Å². The third-order valence-electron chi connectivity index (χ3n) is 1.96. The molecule has 0 radical (unpaired) electrons. The first kappa shape index (κ1) is 12.1. The fraction of sp³-hybridized carbons (Fsp3) is 0.667. The Morgan fingerprint density at radius 1 is 1.33 bits per heavy atom. The second-order valence-corrected chi connectivity index (χ2v) is 7.50. The molecule has 0 unspecified atom stereocenters. The van der Waals surface area contributed by atoms with Crippen LogP contribution in [0.1, 0.15) is 12.8 Å². The molecular formula is C9H13O5P. The maximum absolute atomic E-state index is 11.3. The van der Waals surface area contributed by atoms with Gasteiger partial charge in [0.2, 0.25) is 6.10 Å². The van der Waals surface area contributed by atoms with E-state index in [4.69, 9.17) is 4.74 Å². The van der Waals surface area contributed by atoms with Gasteiger partial charge in [0.05, 0.1) is 13.3 Å². The molecule has 0 aromatic rings. The number of rotatable bonds is 3. The Bertz CT molecular complexity index is 338. The van der Waals surface area contributed by atoms with Crippen LogP contribution in [0.25, 0.3) is 0 Å². The van der Waals surface area contributed by atoms with Crippen LogP contribution in [0.3, 0.4) is 0 Å². The fourth-order valence-corrected chi connectivity index (χ4v) is 2.00. The lowest BCUT2D eigenvalue weighted by Crippen LogP contribution is -2.29. The molecule has 0 spiro atoms. The van der Waals surface area contributed by atoms with Crippen LogP contribution in [0.15, 0.2) is 0 Å². The van der Waals surface area contributed by atoms with Gasteiger partial charge in [0, 0.05) is 12.8 Å². The van der Waals surface area contributed by atoms with Crippen LogP contribution in [0.5, 0.6) is 0 Å². The molecule has 0 atom stereocenters. The summed E-state index contributed by atoms with van der Waals surface area (Å²) < 4.78 is 16.0. The molecule has 1 rings (SSSR count).